The topological polar surface area (TPSA) is 37.8 Å². The van der Waals surface area contributed by atoms with Gasteiger partial charge in [0.1, 0.15) is 0 Å². The van der Waals surface area contributed by atoms with Gasteiger partial charge in [0.25, 0.3) is 0 Å². The lowest BCUT2D eigenvalue weighted by Gasteiger charge is -2.11. The number of rotatable bonds is 2. The molecule has 1 aromatic carbocycles. The van der Waals surface area contributed by atoms with Crippen LogP contribution in [0, 0.1) is 6.92 Å². The van der Waals surface area contributed by atoms with E-state index in [2.05, 4.69) is 46.5 Å². The van der Waals surface area contributed by atoms with E-state index >= 15 is 0 Å². The number of nitrogens with one attached hydrogen (secondary N) is 1. The molecular formula is C14H14N3. The second-order valence-electron chi connectivity index (χ2n) is 4.43. The molecule has 1 N–H and O–H groups in total. The van der Waals surface area contributed by atoms with Crippen LogP contribution in [0.2, 0.25) is 0 Å². The van der Waals surface area contributed by atoms with Gasteiger partial charge in [-0.05, 0) is 36.5 Å². The average Bonchev–Trinajstić information content (AvgIpc) is 2.74. The molecule has 1 heterocycles. The summed E-state index contributed by atoms with van der Waals surface area (Å²) in [7, 11) is 0. The van der Waals surface area contributed by atoms with Crippen molar-refractivity contribution < 1.29 is 0 Å². The average molecular weight is 224 g/mol. The first-order valence-corrected chi connectivity index (χ1v) is 5.78. The Morgan fingerprint density at radius 2 is 1.65 bits per heavy atom. The van der Waals surface area contributed by atoms with Gasteiger partial charge in [0.05, 0.1) is 0 Å². The Morgan fingerprint density at radius 1 is 1.06 bits per heavy atom. The summed E-state index contributed by atoms with van der Waals surface area (Å²) in [6.45, 7) is 3.77. The van der Waals surface area contributed by atoms with Gasteiger partial charge in [-0.3, -0.25) is 0 Å². The van der Waals surface area contributed by atoms with Gasteiger partial charge in [-0.25, -0.2) is 9.97 Å². The summed E-state index contributed by atoms with van der Waals surface area (Å²) >= 11 is 0. The smallest absolute Gasteiger partial charge is 0.222 e. The van der Waals surface area contributed by atoms with Crippen LogP contribution in [0.3, 0.4) is 0 Å². The van der Waals surface area contributed by atoms with E-state index < -0.39 is 0 Å². The minimum absolute atomic E-state index is 0.406. The molecule has 0 aliphatic heterocycles. The molecule has 1 radical (unpaired) electrons. The molecule has 0 saturated carbocycles. The molecule has 0 amide bonds. The van der Waals surface area contributed by atoms with E-state index in [0.29, 0.717) is 12.0 Å². The van der Waals surface area contributed by atoms with Crippen molar-refractivity contribution in [3.05, 3.63) is 60.3 Å². The van der Waals surface area contributed by atoms with Crippen molar-refractivity contribution in [3.8, 4) is 0 Å². The Bertz CT molecular complexity index is 494. The van der Waals surface area contributed by atoms with E-state index in [1.165, 1.54) is 11.1 Å². The number of hydrogen-bond donors (Lipinski definition) is 1. The number of anilines is 1. The van der Waals surface area contributed by atoms with Gasteiger partial charge >= 0.3 is 0 Å². The SMILES string of the molecule is [CH2]c1cnc(NC2Cc3ccccc3C2)nc1. The van der Waals surface area contributed by atoms with E-state index in [9.17, 15) is 0 Å². The van der Waals surface area contributed by atoms with Crippen LogP contribution in [-0.2, 0) is 12.8 Å². The zero-order chi connectivity index (χ0) is 11.7. The van der Waals surface area contributed by atoms with Crippen molar-refractivity contribution in [1.82, 2.24) is 9.97 Å². The number of fused-ring (bicyclic) bond motifs is 1. The first kappa shape index (κ1) is 10.3. The van der Waals surface area contributed by atoms with Crippen LogP contribution in [0.4, 0.5) is 5.95 Å². The fraction of sp³-hybridized carbons (Fsp3) is 0.214. The maximum absolute atomic E-state index is 4.22. The van der Waals surface area contributed by atoms with Crippen LogP contribution in [0.15, 0.2) is 36.7 Å². The molecule has 0 unspecified atom stereocenters. The van der Waals surface area contributed by atoms with Crippen LogP contribution in [0.25, 0.3) is 0 Å². The zero-order valence-corrected chi connectivity index (χ0v) is 9.56. The highest BCUT2D eigenvalue weighted by molar-refractivity contribution is 5.38. The molecule has 0 fully saturated rings. The molecule has 2 aromatic rings. The first-order chi connectivity index (χ1) is 8.31. The van der Waals surface area contributed by atoms with Gasteiger partial charge in [0.15, 0.2) is 0 Å². The van der Waals surface area contributed by atoms with Crippen LogP contribution in [0.1, 0.15) is 16.7 Å². The van der Waals surface area contributed by atoms with E-state index in [1.807, 2.05) is 0 Å². The first-order valence-electron chi connectivity index (χ1n) is 5.78. The Hall–Kier alpha value is -1.90. The summed E-state index contributed by atoms with van der Waals surface area (Å²) in [6, 6.07) is 8.97. The molecule has 0 spiro atoms. The second kappa shape index (κ2) is 4.17. The van der Waals surface area contributed by atoms with E-state index in [1.54, 1.807) is 12.4 Å². The molecule has 17 heavy (non-hydrogen) atoms. The zero-order valence-electron chi connectivity index (χ0n) is 9.56. The monoisotopic (exact) mass is 224 g/mol. The number of hydrogen-bond acceptors (Lipinski definition) is 3. The summed E-state index contributed by atoms with van der Waals surface area (Å²) in [6.07, 6.45) is 5.56. The molecule has 0 saturated heterocycles. The summed E-state index contributed by atoms with van der Waals surface area (Å²) in [5.74, 6) is 0.690. The minimum atomic E-state index is 0.406. The lowest BCUT2D eigenvalue weighted by Crippen LogP contribution is -2.20. The minimum Gasteiger partial charge on any atom is -0.351 e. The number of benzene rings is 1. The predicted molar refractivity (Wildman–Crippen MR) is 67.8 cm³/mol. The molecule has 85 valence electrons. The quantitative estimate of drug-likeness (QED) is 0.850. The van der Waals surface area contributed by atoms with Gasteiger partial charge in [-0.1, -0.05) is 24.3 Å². The van der Waals surface area contributed by atoms with Crippen molar-refractivity contribution in [2.24, 2.45) is 0 Å². The van der Waals surface area contributed by atoms with Gasteiger partial charge in [-0.15, -0.1) is 0 Å². The standard InChI is InChI=1S/C14H14N3/c1-10-8-15-14(16-9-10)17-13-6-11-4-2-3-5-12(11)7-13/h2-5,8-9,13H,1,6-7H2,(H,15,16,17). The lowest BCUT2D eigenvalue weighted by molar-refractivity contribution is 0.761. The Kier molecular flexibility index (Phi) is 2.52. The summed E-state index contributed by atoms with van der Waals surface area (Å²) < 4.78 is 0. The fourth-order valence-electron chi connectivity index (χ4n) is 2.27. The third kappa shape index (κ3) is 2.13. The molecule has 0 atom stereocenters. The molecule has 3 rings (SSSR count). The second-order valence-corrected chi connectivity index (χ2v) is 4.43. The van der Waals surface area contributed by atoms with E-state index in [-0.39, 0.29) is 0 Å². The Labute approximate surface area is 101 Å². The van der Waals surface area contributed by atoms with Gasteiger partial charge in [0.2, 0.25) is 5.95 Å². The summed E-state index contributed by atoms with van der Waals surface area (Å²) in [5, 5.41) is 3.36. The maximum atomic E-state index is 4.22. The third-order valence-electron chi connectivity index (χ3n) is 3.09. The molecule has 1 aromatic heterocycles. The Balaban J connectivity index is 1.71. The van der Waals surface area contributed by atoms with Crippen LogP contribution < -0.4 is 5.32 Å². The molecular weight excluding hydrogens is 210 g/mol. The van der Waals surface area contributed by atoms with Crippen molar-refractivity contribution in [2.45, 2.75) is 18.9 Å². The summed E-state index contributed by atoms with van der Waals surface area (Å²) in [4.78, 5) is 8.44. The molecule has 1 aliphatic rings. The van der Waals surface area contributed by atoms with Crippen LogP contribution in [-0.4, -0.2) is 16.0 Å². The Morgan fingerprint density at radius 3 is 2.24 bits per heavy atom. The fourth-order valence-corrected chi connectivity index (χ4v) is 2.27. The van der Waals surface area contributed by atoms with Gasteiger partial charge in [-0.2, -0.15) is 0 Å². The normalized spacial score (nSPS) is 14.6. The third-order valence-corrected chi connectivity index (χ3v) is 3.09. The van der Waals surface area contributed by atoms with Gasteiger partial charge < -0.3 is 5.32 Å². The highest BCUT2D eigenvalue weighted by Crippen LogP contribution is 2.23. The molecule has 3 heteroatoms. The highest BCUT2D eigenvalue weighted by atomic mass is 15.1. The molecule has 3 nitrogen and oxygen atoms in total. The highest BCUT2D eigenvalue weighted by Gasteiger charge is 2.21. The summed E-state index contributed by atoms with van der Waals surface area (Å²) in [5.41, 5.74) is 3.70. The van der Waals surface area contributed by atoms with Crippen molar-refractivity contribution in [2.75, 3.05) is 5.32 Å². The van der Waals surface area contributed by atoms with Gasteiger partial charge in [0, 0.05) is 18.4 Å². The predicted octanol–water partition coefficient (Wildman–Crippen LogP) is 2.24. The van der Waals surface area contributed by atoms with Crippen molar-refractivity contribution in [3.63, 3.8) is 0 Å². The lowest BCUT2D eigenvalue weighted by atomic mass is 10.1. The number of nitrogens with zero attached hydrogens (tertiary/aromatic N) is 2. The largest absolute Gasteiger partial charge is 0.351 e. The van der Waals surface area contributed by atoms with E-state index in [4.69, 9.17) is 0 Å². The van der Waals surface area contributed by atoms with Crippen LogP contribution in [0.5, 0.6) is 0 Å². The molecule has 1 aliphatic carbocycles. The van der Waals surface area contributed by atoms with Crippen molar-refractivity contribution >= 4 is 5.95 Å². The number of aromatic nitrogens is 2. The van der Waals surface area contributed by atoms with Crippen LogP contribution >= 0.6 is 0 Å². The molecule has 0 bridgehead atoms. The van der Waals surface area contributed by atoms with E-state index in [0.717, 1.165) is 18.4 Å². The maximum Gasteiger partial charge on any atom is 0.222 e. The van der Waals surface area contributed by atoms with Crippen molar-refractivity contribution in [1.29, 1.82) is 0 Å².